The third kappa shape index (κ3) is 5.16. The minimum atomic E-state index is -4.33. The van der Waals surface area contributed by atoms with E-state index in [0.29, 0.717) is 19.4 Å². The molecule has 9 heteroatoms. The predicted molar refractivity (Wildman–Crippen MR) is 116 cm³/mol. The maximum absolute atomic E-state index is 12.7. The molecule has 0 saturated carbocycles. The fourth-order valence-corrected chi connectivity index (χ4v) is 5.12. The van der Waals surface area contributed by atoms with Crippen molar-refractivity contribution in [2.24, 2.45) is 11.7 Å². The number of benzene rings is 1. The lowest BCUT2D eigenvalue weighted by molar-refractivity contribution is -0.137. The highest BCUT2D eigenvalue weighted by atomic mass is 32.2. The molecular weight excluding hydrogens is 425 g/mol. The van der Waals surface area contributed by atoms with Crippen LogP contribution in [0.2, 0.25) is 0 Å². The van der Waals surface area contributed by atoms with Gasteiger partial charge >= 0.3 is 6.18 Å². The van der Waals surface area contributed by atoms with Gasteiger partial charge in [-0.25, -0.2) is 0 Å². The summed E-state index contributed by atoms with van der Waals surface area (Å²) < 4.78 is 38.1. The van der Waals surface area contributed by atoms with Gasteiger partial charge in [-0.2, -0.15) is 13.2 Å². The minimum absolute atomic E-state index is 0.0176. The first kappa shape index (κ1) is 22.0. The lowest BCUT2D eigenvalue weighted by Gasteiger charge is -2.23. The Hall–Kier alpha value is -2.23. The van der Waals surface area contributed by atoms with Gasteiger partial charge in [-0.15, -0.1) is 0 Å². The number of nitrogens with one attached hydrogen (secondary N) is 2. The zero-order chi connectivity index (χ0) is 22.2. The number of amides is 1. The Morgan fingerprint density at radius 1 is 1.32 bits per heavy atom. The van der Waals surface area contributed by atoms with E-state index < -0.39 is 11.7 Å². The number of hydrogen-bond acceptors (Lipinski definition) is 5. The third-order valence-electron chi connectivity index (χ3n) is 5.63. The summed E-state index contributed by atoms with van der Waals surface area (Å²) in [6.07, 6.45) is 5.02. The Balaban J connectivity index is 1.28. The molecule has 0 bridgehead atoms. The lowest BCUT2D eigenvalue weighted by atomic mass is 9.92. The van der Waals surface area contributed by atoms with Crippen LogP contribution in [0, 0.1) is 5.92 Å². The minimum Gasteiger partial charge on any atom is -0.355 e. The largest absolute Gasteiger partial charge is 0.416 e. The number of nitrogens with two attached hydrogens (primary N) is 1. The summed E-state index contributed by atoms with van der Waals surface area (Å²) >= 11 is 1.68. The molecule has 4 unspecified atom stereocenters. The second-order valence-corrected chi connectivity index (χ2v) is 9.26. The number of fused-ring (bicyclic) bond motifs is 1. The van der Waals surface area contributed by atoms with Crippen molar-refractivity contribution in [1.29, 1.82) is 0 Å². The molecule has 0 aromatic heterocycles. The molecule has 4 atom stereocenters. The quantitative estimate of drug-likeness (QED) is 0.622. The first-order chi connectivity index (χ1) is 14.7. The molecule has 166 valence electrons. The number of nitrogens with zero attached hydrogens (tertiary/aromatic N) is 1. The van der Waals surface area contributed by atoms with Gasteiger partial charge in [0.05, 0.1) is 11.6 Å². The molecular formula is C22H25F3N4OS. The fraction of sp³-hybridized carbons (Fsp3) is 0.409. The van der Waals surface area contributed by atoms with Crippen molar-refractivity contribution < 1.29 is 18.0 Å². The topological polar surface area (TPSA) is 70.4 Å². The van der Waals surface area contributed by atoms with Gasteiger partial charge in [-0.1, -0.05) is 42.1 Å². The van der Waals surface area contributed by atoms with Crippen molar-refractivity contribution in [3.05, 3.63) is 70.3 Å². The molecule has 1 aromatic rings. The normalized spacial score (nSPS) is 26.4. The van der Waals surface area contributed by atoms with Crippen molar-refractivity contribution in [2.75, 3.05) is 13.6 Å². The summed E-state index contributed by atoms with van der Waals surface area (Å²) in [7, 11) is 1.98. The third-order valence-corrected chi connectivity index (χ3v) is 6.95. The van der Waals surface area contributed by atoms with Crippen molar-refractivity contribution in [3.63, 3.8) is 0 Å². The maximum Gasteiger partial charge on any atom is 0.416 e. The van der Waals surface area contributed by atoms with E-state index >= 15 is 0 Å². The highest BCUT2D eigenvalue weighted by Gasteiger charge is 2.33. The Morgan fingerprint density at radius 2 is 2.06 bits per heavy atom. The van der Waals surface area contributed by atoms with E-state index in [-0.39, 0.29) is 29.4 Å². The molecule has 0 spiro atoms. The van der Waals surface area contributed by atoms with Crippen molar-refractivity contribution >= 4 is 17.7 Å². The van der Waals surface area contributed by atoms with E-state index in [1.165, 1.54) is 12.1 Å². The van der Waals surface area contributed by atoms with E-state index in [0.717, 1.165) is 28.2 Å². The SMILES string of the molecule is CN1C=C(C2=CC3CC(=O)NC3C=C2)SC1NCC(N)Cc1ccc(C(F)(F)F)cc1. The van der Waals surface area contributed by atoms with Crippen molar-refractivity contribution in [3.8, 4) is 0 Å². The van der Waals surface area contributed by atoms with Crippen LogP contribution in [0.4, 0.5) is 13.2 Å². The zero-order valence-corrected chi connectivity index (χ0v) is 17.8. The van der Waals surface area contributed by atoms with E-state index in [1.54, 1.807) is 11.8 Å². The van der Waals surface area contributed by atoms with Gasteiger partial charge in [0.1, 0.15) is 5.50 Å². The molecule has 2 aliphatic heterocycles. The Labute approximate surface area is 183 Å². The van der Waals surface area contributed by atoms with Gasteiger partial charge in [-0.05, 0) is 29.7 Å². The van der Waals surface area contributed by atoms with Crippen LogP contribution < -0.4 is 16.4 Å². The first-order valence-corrected chi connectivity index (χ1v) is 11.0. The van der Waals surface area contributed by atoms with Crippen LogP contribution in [0.25, 0.3) is 0 Å². The Kier molecular flexibility index (Phi) is 6.18. The summed E-state index contributed by atoms with van der Waals surface area (Å²) in [6, 6.07) is 5.02. The molecule has 5 nitrogen and oxygen atoms in total. The van der Waals surface area contributed by atoms with Crippen molar-refractivity contribution in [2.45, 2.75) is 36.6 Å². The van der Waals surface area contributed by atoms with Crippen LogP contribution in [-0.4, -0.2) is 42.0 Å². The van der Waals surface area contributed by atoms with Crippen molar-refractivity contribution in [1.82, 2.24) is 15.5 Å². The molecule has 1 amide bonds. The van der Waals surface area contributed by atoms with Crippen LogP contribution in [0.15, 0.2) is 59.2 Å². The van der Waals surface area contributed by atoms with E-state index in [4.69, 9.17) is 5.73 Å². The monoisotopic (exact) mass is 450 g/mol. The molecule has 1 fully saturated rings. The van der Waals surface area contributed by atoms with Gasteiger partial charge in [0.2, 0.25) is 5.91 Å². The summed E-state index contributed by atoms with van der Waals surface area (Å²) in [6.45, 7) is 0.530. The van der Waals surface area contributed by atoms with Crippen LogP contribution >= 0.6 is 11.8 Å². The van der Waals surface area contributed by atoms with Gasteiger partial charge in [-0.3, -0.25) is 10.1 Å². The molecule has 0 radical (unpaired) electrons. The fourth-order valence-electron chi connectivity index (χ4n) is 3.98. The van der Waals surface area contributed by atoms with E-state index in [1.807, 2.05) is 13.1 Å². The van der Waals surface area contributed by atoms with Gasteiger partial charge < -0.3 is 16.0 Å². The highest BCUT2D eigenvalue weighted by Crippen LogP contribution is 2.39. The molecule has 4 N–H and O–H groups in total. The number of carbonyl (C=O) groups excluding carboxylic acids is 1. The number of allylic oxidation sites excluding steroid dienone is 2. The molecule has 2 heterocycles. The summed E-state index contributed by atoms with van der Waals surface area (Å²) in [5.41, 5.74) is 7.47. The standard InChI is InChI=1S/C22H25F3N4OS/c1-29-12-19(14-4-7-18-15(9-14)10-20(30)28-18)31-21(29)27-11-17(26)8-13-2-5-16(6-3-13)22(23,24)25/h2-7,9,12,15,17-18,21,27H,8,10-11,26H2,1H3,(H,28,30). The lowest BCUT2D eigenvalue weighted by Crippen LogP contribution is -2.43. The number of alkyl halides is 3. The second kappa shape index (κ2) is 8.72. The summed E-state index contributed by atoms with van der Waals surface area (Å²) in [5.74, 6) is 0.285. The number of thioether (sulfide) groups is 1. The number of hydrogen-bond donors (Lipinski definition) is 3. The molecule has 1 aromatic carbocycles. The average Bonchev–Trinajstić information content (AvgIpc) is 3.26. The molecule has 4 rings (SSSR count). The molecule has 1 saturated heterocycles. The predicted octanol–water partition coefficient (Wildman–Crippen LogP) is 2.97. The van der Waals surface area contributed by atoms with Gasteiger partial charge in [0.15, 0.2) is 0 Å². The number of carbonyl (C=O) groups is 1. The van der Waals surface area contributed by atoms with E-state index in [2.05, 4.69) is 33.9 Å². The number of rotatable bonds is 6. The smallest absolute Gasteiger partial charge is 0.355 e. The second-order valence-electron chi connectivity index (χ2n) is 8.14. The van der Waals surface area contributed by atoms with Crippen LogP contribution in [0.3, 0.4) is 0 Å². The number of halogens is 3. The molecule has 31 heavy (non-hydrogen) atoms. The first-order valence-electron chi connectivity index (χ1n) is 10.1. The highest BCUT2D eigenvalue weighted by molar-refractivity contribution is 8.04. The van der Waals surface area contributed by atoms with Crippen LogP contribution in [0.5, 0.6) is 0 Å². The molecule has 3 aliphatic rings. The average molecular weight is 451 g/mol. The van der Waals surface area contributed by atoms with Gasteiger partial charge in [0, 0.05) is 43.1 Å². The van der Waals surface area contributed by atoms with Crippen LogP contribution in [0.1, 0.15) is 17.5 Å². The Bertz CT molecular complexity index is 926. The van der Waals surface area contributed by atoms with E-state index in [9.17, 15) is 18.0 Å². The summed E-state index contributed by atoms with van der Waals surface area (Å²) in [4.78, 5) is 14.8. The zero-order valence-electron chi connectivity index (χ0n) is 17.0. The summed E-state index contributed by atoms with van der Waals surface area (Å²) in [5, 5.41) is 6.38. The van der Waals surface area contributed by atoms with Crippen LogP contribution in [-0.2, 0) is 17.4 Å². The molecule has 1 aliphatic carbocycles. The van der Waals surface area contributed by atoms with Gasteiger partial charge in [0.25, 0.3) is 0 Å². The Morgan fingerprint density at radius 3 is 2.77 bits per heavy atom. The maximum atomic E-state index is 12.7.